The highest BCUT2D eigenvalue weighted by atomic mass is 15.3. The second kappa shape index (κ2) is 6.65. The summed E-state index contributed by atoms with van der Waals surface area (Å²) in [7, 11) is 0. The molecule has 2 aromatic rings. The number of aromatic nitrogens is 5. The number of rotatable bonds is 7. The highest BCUT2D eigenvalue weighted by molar-refractivity contribution is 4.93. The average molecular weight is 276 g/mol. The summed E-state index contributed by atoms with van der Waals surface area (Å²) in [6.07, 6.45) is 6.65. The van der Waals surface area contributed by atoms with Crippen LogP contribution in [-0.4, -0.2) is 30.4 Å². The van der Waals surface area contributed by atoms with Crippen molar-refractivity contribution in [3.63, 3.8) is 0 Å². The highest BCUT2D eigenvalue weighted by Crippen LogP contribution is 2.07. The first-order valence-corrected chi connectivity index (χ1v) is 7.23. The van der Waals surface area contributed by atoms with Crippen LogP contribution in [-0.2, 0) is 19.5 Å². The summed E-state index contributed by atoms with van der Waals surface area (Å²) in [5.74, 6) is 2.11. The highest BCUT2D eigenvalue weighted by Gasteiger charge is 2.10. The first-order chi connectivity index (χ1) is 9.61. The molecule has 6 nitrogen and oxygen atoms in total. The van der Waals surface area contributed by atoms with E-state index in [0.717, 1.165) is 31.2 Å². The van der Waals surface area contributed by atoms with E-state index in [0.29, 0.717) is 12.1 Å². The number of hydrogen-bond donors (Lipinski definition) is 1. The molecule has 0 fully saturated rings. The average Bonchev–Trinajstić information content (AvgIpc) is 3.04. The van der Waals surface area contributed by atoms with E-state index in [2.05, 4.69) is 57.3 Å². The first kappa shape index (κ1) is 14.7. The van der Waals surface area contributed by atoms with E-state index in [1.807, 2.05) is 12.4 Å². The van der Waals surface area contributed by atoms with Gasteiger partial charge in [0.15, 0.2) is 0 Å². The lowest BCUT2D eigenvalue weighted by molar-refractivity contribution is 0.448. The number of nitrogens with one attached hydrogen (secondary N) is 1. The minimum atomic E-state index is 0.354. The summed E-state index contributed by atoms with van der Waals surface area (Å²) in [6, 6.07) is 0.740. The fourth-order valence-electron chi connectivity index (χ4n) is 2.27. The Morgan fingerprint density at radius 1 is 1.25 bits per heavy atom. The van der Waals surface area contributed by atoms with Crippen molar-refractivity contribution in [3.8, 4) is 0 Å². The third-order valence-corrected chi connectivity index (χ3v) is 3.40. The number of nitrogens with zero attached hydrogens (tertiary/aromatic N) is 5. The van der Waals surface area contributed by atoms with Gasteiger partial charge in [-0.05, 0) is 20.8 Å². The smallest absolute Gasteiger partial charge is 0.147 e. The van der Waals surface area contributed by atoms with Gasteiger partial charge in [-0.15, -0.1) is 10.2 Å². The van der Waals surface area contributed by atoms with Gasteiger partial charge in [0, 0.05) is 37.4 Å². The van der Waals surface area contributed by atoms with Crippen molar-refractivity contribution in [2.45, 2.75) is 59.3 Å². The first-order valence-electron chi connectivity index (χ1n) is 7.23. The maximum absolute atomic E-state index is 4.34. The quantitative estimate of drug-likeness (QED) is 0.837. The summed E-state index contributed by atoms with van der Waals surface area (Å²) in [4.78, 5) is 4.34. The minimum absolute atomic E-state index is 0.354. The van der Waals surface area contributed by atoms with Crippen LogP contribution < -0.4 is 5.32 Å². The van der Waals surface area contributed by atoms with Crippen molar-refractivity contribution in [2.75, 3.05) is 0 Å². The van der Waals surface area contributed by atoms with Gasteiger partial charge in [-0.1, -0.05) is 6.92 Å². The molecule has 0 aromatic carbocycles. The van der Waals surface area contributed by atoms with Gasteiger partial charge in [0.2, 0.25) is 0 Å². The summed E-state index contributed by atoms with van der Waals surface area (Å²) >= 11 is 0. The van der Waals surface area contributed by atoms with Crippen molar-refractivity contribution in [2.24, 2.45) is 0 Å². The molecule has 0 bridgehead atoms. The molecule has 0 spiro atoms. The molecule has 1 atom stereocenters. The van der Waals surface area contributed by atoms with Crippen LogP contribution in [0.1, 0.15) is 45.4 Å². The number of imidazole rings is 1. The van der Waals surface area contributed by atoms with Crippen molar-refractivity contribution in [1.29, 1.82) is 0 Å². The van der Waals surface area contributed by atoms with Gasteiger partial charge in [0.25, 0.3) is 0 Å². The molecular weight excluding hydrogens is 252 g/mol. The van der Waals surface area contributed by atoms with E-state index in [4.69, 9.17) is 0 Å². The lowest BCUT2D eigenvalue weighted by Gasteiger charge is -2.17. The van der Waals surface area contributed by atoms with Crippen LogP contribution in [0.5, 0.6) is 0 Å². The zero-order valence-electron chi connectivity index (χ0n) is 12.7. The Bertz CT molecular complexity index is 527. The normalized spacial score (nSPS) is 13.1. The van der Waals surface area contributed by atoms with Gasteiger partial charge >= 0.3 is 0 Å². The molecule has 0 aliphatic heterocycles. The largest absolute Gasteiger partial charge is 0.333 e. The molecule has 0 saturated carbocycles. The SMILES string of the molecule is CCc1nccn1C[C@H](C)NCc1nncn1C(C)C. The van der Waals surface area contributed by atoms with Crippen LogP contribution in [0.2, 0.25) is 0 Å². The molecule has 0 amide bonds. The Morgan fingerprint density at radius 3 is 2.75 bits per heavy atom. The molecule has 1 N–H and O–H groups in total. The molecule has 20 heavy (non-hydrogen) atoms. The number of aryl methyl sites for hydroxylation is 1. The molecule has 2 aromatic heterocycles. The standard InChI is InChI=1S/C14H24N6/c1-5-13-15-6-7-19(13)9-12(4)16-8-14-18-17-10-20(14)11(2)3/h6-7,10-12,16H,5,8-9H2,1-4H3/t12-/m0/s1. The Labute approximate surface area is 120 Å². The second-order valence-electron chi connectivity index (χ2n) is 5.38. The van der Waals surface area contributed by atoms with E-state index in [1.54, 1.807) is 6.33 Å². The topological polar surface area (TPSA) is 60.6 Å². The van der Waals surface area contributed by atoms with E-state index in [-0.39, 0.29) is 0 Å². The van der Waals surface area contributed by atoms with Gasteiger partial charge in [0.1, 0.15) is 18.0 Å². The van der Waals surface area contributed by atoms with Gasteiger partial charge in [-0.25, -0.2) is 4.98 Å². The van der Waals surface area contributed by atoms with Gasteiger partial charge < -0.3 is 14.5 Å². The zero-order valence-corrected chi connectivity index (χ0v) is 12.7. The molecule has 2 heterocycles. The van der Waals surface area contributed by atoms with Crippen LogP contribution in [0.15, 0.2) is 18.7 Å². The molecule has 0 aliphatic carbocycles. The molecule has 0 unspecified atom stereocenters. The van der Waals surface area contributed by atoms with E-state index < -0.39 is 0 Å². The Kier molecular flexibility index (Phi) is 4.89. The predicted octanol–water partition coefficient (Wildman–Crippen LogP) is 1.80. The molecule has 6 heteroatoms. The van der Waals surface area contributed by atoms with Crippen LogP contribution in [0.4, 0.5) is 0 Å². The fraction of sp³-hybridized carbons (Fsp3) is 0.643. The van der Waals surface area contributed by atoms with Crippen molar-refractivity contribution >= 4 is 0 Å². The van der Waals surface area contributed by atoms with Crippen LogP contribution in [0.25, 0.3) is 0 Å². The monoisotopic (exact) mass is 276 g/mol. The van der Waals surface area contributed by atoms with Crippen LogP contribution >= 0.6 is 0 Å². The predicted molar refractivity (Wildman–Crippen MR) is 78.3 cm³/mol. The van der Waals surface area contributed by atoms with Crippen molar-refractivity contribution < 1.29 is 0 Å². The minimum Gasteiger partial charge on any atom is -0.333 e. The molecule has 0 aliphatic rings. The van der Waals surface area contributed by atoms with Crippen LogP contribution in [0, 0.1) is 0 Å². The molecule has 0 saturated heterocycles. The van der Waals surface area contributed by atoms with Gasteiger partial charge in [-0.2, -0.15) is 0 Å². The van der Waals surface area contributed by atoms with Gasteiger partial charge in [-0.3, -0.25) is 0 Å². The van der Waals surface area contributed by atoms with E-state index in [1.165, 1.54) is 0 Å². The Hall–Kier alpha value is -1.69. The Morgan fingerprint density at radius 2 is 2.05 bits per heavy atom. The zero-order chi connectivity index (χ0) is 14.5. The van der Waals surface area contributed by atoms with Crippen molar-refractivity contribution in [3.05, 3.63) is 30.4 Å². The third-order valence-electron chi connectivity index (χ3n) is 3.40. The van der Waals surface area contributed by atoms with Gasteiger partial charge in [0.05, 0.1) is 6.54 Å². The molecular formula is C14H24N6. The van der Waals surface area contributed by atoms with Crippen molar-refractivity contribution in [1.82, 2.24) is 29.6 Å². The lowest BCUT2D eigenvalue weighted by Crippen LogP contribution is -2.31. The molecule has 0 radical (unpaired) electrons. The second-order valence-corrected chi connectivity index (χ2v) is 5.38. The molecule has 110 valence electrons. The molecule has 2 rings (SSSR count). The summed E-state index contributed by atoms with van der Waals surface area (Å²) in [5.41, 5.74) is 0. The maximum Gasteiger partial charge on any atom is 0.147 e. The van der Waals surface area contributed by atoms with Crippen LogP contribution in [0.3, 0.4) is 0 Å². The summed E-state index contributed by atoms with van der Waals surface area (Å²) < 4.78 is 4.29. The summed E-state index contributed by atoms with van der Waals surface area (Å²) in [5, 5.41) is 11.7. The lowest BCUT2D eigenvalue weighted by atomic mass is 10.3. The summed E-state index contributed by atoms with van der Waals surface area (Å²) in [6.45, 7) is 10.2. The maximum atomic E-state index is 4.34. The number of hydrogen-bond acceptors (Lipinski definition) is 4. The fourth-order valence-corrected chi connectivity index (χ4v) is 2.27. The van der Waals surface area contributed by atoms with E-state index >= 15 is 0 Å². The van der Waals surface area contributed by atoms with E-state index in [9.17, 15) is 0 Å². The Balaban J connectivity index is 1.89. The third kappa shape index (κ3) is 3.45.